The third-order valence-corrected chi connectivity index (χ3v) is 4.08. The van der Waals surface area contributed by atoms with E-state index < -0.39 is 48.1 Å². The lowest BCUT2D eigenvalue weighted by atomic mass is 10.0. The summed E-state index contributed by atoms with van der Waals surface area (Å²) < 4.78 is 9.69. The Hall–Kier alpha value is -3.80. The number of ether oxygens (including phenoxy) is 2. The van der Waals surface area contributed by atoms with Gasteiger partial charge in [-0.3, -0.25) is 19.3 Å². The molecule has 32 heavy (non-hydrogen) atoms. The van der Waals surface area contributed by atoms with Gasteiger partial charge in [-0.15, -0.1) is 0 Å². The molecule has 0 bridgehead atoms. The van der Waals surface area contributed by atoms with Crippen LogP contribution in [0, 0.1) is 12.5 Å². The van der Waals surface area contributed by atoms with Gasteiger partial charge in [0.05, 0.1) is 7.11 Å². The molecule has 2 atom stereocenters. The van der Waals surface area contributed by atoms with Crippen molar-refractivity contribution >= 4 is 30.0 Å². The third-order valence-electron chi connectivity index (χ3n) is 4.08. The van der Waals surface area contributed by atoms with Crippen LogP contribution in [-0.4, -0.2) is 54.1 Å². The maximum absolute atomic E-state index is 13.1. The van der Waals surface area contributed by atoms with Gasteiger partial charge in [-0.25, -0.2) is 4.79 Å². The van der Waals surface area contributed by atoms with Crippen LogP contribution in [0.15, 0.2) is 30.8 Å². The first-order chi connectivity index (χ1) is 14.9. The zero-order valence-corrected chi connectivity index (χ0v) is 18.9. The molecule has 9 nitrogen and oxygen atoms in total. The number of rotatable bonds is 8. The standard InChI is InChI=1S/C23H29N3O6/c1-8-16-11-10-12-17(13-16)19(20(28)24-14-18(27)31-7)26(9-2)21(29)15(3)25-22(30)32-23(4,5)6/h2,8,10-13,15,19H,1,14H2,3-7H3,(H,24,28)(H,25,30). The molecule has 0 saturated heterocycles. The molecule has 3 amide bonds. The number of benzene rings is 1. The van der Waals surface area contributed by atoms with E-state index in [4.69, 9.17) is 11.2 Å². The lowest BCUT2D eigenvalue weighted by molar-refractivity contribution is -0.142. The van der Waals surface area contributed by atoms with Gasteiger partial charge in [-0.1, -0.05) is 37.3 Å². The maximum atomic E-state index is 13.1. The Morgan fingerprint density at radius 2 is 1.94 bits per heavy atom. The molecule has 0 radical (unpaired) electrons. The van der Waals surface area contributed by atoms with Crippen molar-refractivity contribution < 1.29 is 28.7 Å². The van der Waals surface area contributed by atoms with Crippen molar-refractivity contribution in [3.8, 4) is 12.5 Å². The SMILES string of the molecule is C#CN(C(=O)C(C)NC(=O)OC(C)(C)C)C(C(=O)NCC(=O)OC)c1cccc(C=C)c1. The normalized spacial score (nSPS) is 12.4. The Bertz CT molecular complexity index is 913. The van der Waals surface area contributed by atoms with Gasteiger partial charge in [0.2, 0.25) is 5.91 Å². The van der Waals surface area contributed by atoms with Crippen molar-refractivity contribution in [3.63, 3.8) is 0 Å². The monoisotopic (exact) mass is 443 g/mol. The van der Waals surface area contributed by atoms with Gasteiger partial charge in [0.1, 0.15) is 24.2 Å². The summed E-state index contributed by atoms with van der Waals surface area (Å²) in [6, 6.07) is 6.52. The number of terminal acetylenes is 1. The molecule has 0 aromatic heterocycles. The van der Waals surface area contributed by atoms with E-state index in [1.165, 1.54) is 14.0 Å². The predicted octanol–water partition coefficient (Wildman–Crippen LogP) is 1.99. The molecule has 2 unspecified atom stereocenters. The number of carbonyl (C=O) groups excluding carboxylic acids is 4. The fraction of sp³-hybridized carbons (Fsp3) is 0.391. The summed E-state index contributed by atoms with van der Waals surface area (Å²) in [5.41, 5.74) is 0.318. The molecule has 1 rings (SSSR count). The summed E-state index contributed by atoms with van der Waals surface area (Å²) in [6.45, 7) is 9.74. The summed E-state index contributed by atoms with van der Waals surface area (Å²) in [4.78, 5) is 50.4. The van der Waals surface area contributed by atoms with Gasteiger partial charge in [-0.2, -0.15) is 0 Å². The van der Waals surface area contributed by atoms with Gasteiger partial charge >= 0.3 is 12.1 Å². The summed E-state index contributed by atoms with van der Waals surface area (Å²) in [5, 5.41) is 4.82. The summed E-state index contributed by atoms with van der Waals surface area (Å²) >= 11 is 0. The molecule has 0 aliphatic heterocycles. The molecule has 0 fully saturated rings. The number of amides is 3. The van der Waals surface area contributed by atoms with E-state index in [0.717, 1.165) is 4.90 Å². The second-order valence-corrected chi connectivity index (χ2v) is 7.78. The first kappa shape index (κ1) is 26.2. The predicted molar refractivity (Wildman–Crippen MR) is 119 cm³/mol. The molecule has 0 saturated carbocycles. The fourth-order valence-corrected chi connectivity index (χ4v) is 2.62. The van der Waals surface area contributed by atoms with Crippen molar-refractivity contribution in [1.82, 2.24) is 15.5 Å². The second kappa shape index (κ2) is 11.6. The first-order valence-corrected chi connectivity index (χ1v) is 9.79. The van der Waals surface area contributed by atoms with Crippen molar-refractivity contribution in [3.05, 3.63) is 42.0 Å². The summed E-state index contributed by atoms with van der Waals surface area (Å²) in [5.74, 6) is -2.09. The molecular formula is C23H29N3O6. The number of nitrogens with zero attached hydrogens (tertiary/aromatic N) is 1. The van der Waals surface area contributed by atoms with E-state index >= 15 is 0 Å². The van der Waals surface area contributed by atoms with Crippen molar-refractivity contribution in [1.29, 1.82) is 0 Å². The smallest absolute Gasteiger partial charge is 0.408 e. The van der Waals surface area contributed by atoms with Crippen LogP contribution >= 0.6 is 0 Å². The van der Waals surface area contributed by atoms with Crippen LogP contribution in [0.5, 0.6) is 0 Å². The minimum atomic E-state index is -1.28. The van der Waals surface area contributed by atoms with Crippen molar-refractivity contribution in [2.24, 2.45) is 0 Å². The lowest BCUT2D eigenvalue weighted by Crippen LogP contribution is -2.50. The largest absolute Gasteiger partial charge is 0.468 e. The Balaban J connectivity index is 3.23. The Kier molecular flexibility index (Phi) is 9.47. The van der Waals surface area contributed by atoms with E-state index in [0.29, 0.717) is 11.1 Å². The summed E-state index contributed by atoms with van der Waals surface area (Å²) in [6.07, 6.45) is 6.35. The van der Waals surface area contributed by atoms with Crippen molar-refractivity contribution in [2.45, 2.75) is 45.4 Å². The van der Waals surface area contributed by atoms with E-state index in [1.807, 2.05) is 0 Å². The number of alkyl carbamates (subject to hydrolysis) is 1. The van der Waals surface area contributed by atoms with E-state index in [1.54, 1.807) is 51.1 Å². The Labute approximate surface area is 188 Å². The molecule has 0 spiro atoms. The van der Waals surface area contributed by atoms with Gasteiger partial charge in [0.15, 0.2) is 0 Å². The molecule has 1 aromatic carbocycles. The molecule has 0 aliphatic rings. The van der Waals surface area contributed by atoms with Crippen LogP contribution in [0.25, 0.3) is 6.08 Å². The number of carbonyl (C=O) groups is 4. The molecule has 9 heteroatoms. The van der Waals surface area contributed by atoms with Gasteiger partial charge in [0.25, 0.3) is 5.91 Å². The molecule has 172 valence electrons. The highest BCUT2D eigenvalue weighted by atomic mass is 16.6. The highest BCUT2D eigenvalue weighted by Crippen LogP contribution is 2.23. The van der Waals surface area contributed by atoms with Gasteiger partial charge in [0, 0.05) is 6.04 Å². The highest BCUT2D eigenvalue weighted by Gasteiger charge is 2.34. The highest BCUT2D eigenvalue weighted by molar-refractivity contribution is 5.94. The third kappa shape index (κ3) is 7.80. The number of nitrogens with one attached hydrogen (secondary N) is 2. The van der Waals surface area contributed by atoms with E-state index in [2.05, 4.69) is 28.0 Å². The van der Waals surface area contributed by atoms with Crippen LogP contribution in [0.2, 0.25) is 0 Å². The van der Waals surface area contributed by atoms with Gasteiger partial charge < -0.3 is 20.1 Å². The summed E-state index contributed by atoms with van der Waals surface area (Å²) in [7, 11) is 1.18. The van der Waals surface area contributed by atoms with E-state index in [-0.39, 0.29) is 0 Å². The quantitative estimate of drug-likeness (QED) is 0.361. The van der Waals surface area contributed by atoms with Crippen molar-refractivity contribution in [2.75, 3.05) is 13.7 Å². The zero-order chi connectivity index (χ0) is 24.5. The Morgan fingerprint density at radius 3 is 2.47 bits per heavy atom. The average molecular weight is 444 g/mol. The van der Waals surface area contributed by atoms with Crippen LogP contribution < -0.4 is 10.6 Å². The molecule has 1 aromatic rings. The molecule has 2 N–H and O–H groups in total. The lowest BCUT2D eigenvalue weighted by Gasteiger charge is -2.29. The number of methoxy groups -OCH3 is 1. The topological polar surface area (TPSA) is 114 Å². The number of esters is 1. The average Bonchev–Trinajstić information content (AvgIpc) is 2.73. The number of hydrogen-bond acceptors (Lipinski definition) is 6. The van der Waals surface area contributed by atoms with Crippen LogP contribution in [-0.2, 0) is 23.9 Å². The minimum Gasteiger partial charge on any atom is -0.468 e. The van der Waals surface area contributed by atoms with Crippen LogP contribution in [0.4, 0.5) is 4.79 Å². The Morgan fingerprint density at radius 1 is 1.28 bits per heavy atom. The van der Waals surface area contributed by atoms with Crippen LogP contribution in [0.3, 0.4) is 0 Å². The first-order valence-electron chi connectivity index (χ1n) is 9.79. The molecular weight excluding hydrogens is 414 g/mol. The molecule has 0 heterocycles. The fourth-order valence-electron chi connectivity index (χ4n) is 2.62. The minimum absolute atomic E-state index is 0.389. The van der Waals surface area contributed by atoms with Gasteiger partial charge in [-0.05, 0) is 44.9 Å². The molecule has 0 aliphatic carbocycles. The van der Waals surface area contributed by atoms with Crippen LogP contribution in [0.1, 0.15) is 44.9 Å². The second-order valence-electron chi connectivity index (χ2n) is 7.78. The zero-order valence-electron chi connectivity index (χ0n) is 18.9. The number of hydrogen-bond donors (Lipinski definition) is 2. The van der Waals surface area contributed by atoms with E-state index in [9.17, 15) is 19.2 Å². The maximum Gasteiger partial charge on any atom is 0.408 e.